The van der Waals surface area contributed by atoms with Crippen molar-refractivity contribution < 1.29 is 5.11 Å². The van der Waals surface area contributed by atoms with Crippen LogP contribution in [-0.4, -0.2) is 21.4 Å². The molecule has 4 nitrogen and oxygen atoms in total. The molecule has 0 spiro atoms. The van der Waals surface area contributed by atoms with Gasteiger partial charge < -0.3 is 10.8 Å². The third kappa shape index (κ3) is 2.21. The molecule has 0 aliphatic heterocycles. The SMILES string of the molecule is CCn1ncc(C(O)CCN)c1Cl. The Hall–Kier alpha value is -0.580. The van der Waals surface area contributed by atoms with Gasteiger partial charge in [-0.3, -0.25) is 4.68 Å². The molecule has 0 aromatic carbocycles. The molecule has 0 amide bonds. The number of nitrogens with zero attached hydrogens (tertiary/aromatic N) is 2. The zero-order valence-corrected chi connectivity index (χ0v) is 8.33. The Morgan fingerprint density at radius 3 is 2.92 bits per heavy atom. The molecule has 1 aromatic rings. The highest BCUT2D eigenvalue weighted by molar-refractivity contribution is 6.30. The van der Waals surface area contributed by atoms with E-state index in [2.05, 4.69) is 5.10 Å². The van der Waals surface area contributed by atoms with E-state index in [1.807, 2.05) is 6.92 Å². The number of aliphatic hydroxyl groups excluding tert-OH is 1. The number of rotatable bonds is 4. The maximum absolute atomic E-state index is 9.59. The van der Waals surface area contributed by atoms with Crippen molar-refractivity contribution in [2.24, 2.45) is 5.73 Å². The highest BCUT2D eigenvalue weighted by Gasteiger charge is 2.14. The number of aliphatic hydroxyl groups is 1. The van der Waals surface area contributed by atoms with Gasteiger partial charge in [-0.2, -0.15) is 5.10 Å². The Bertz CT molecular complexity index is 274. The average molecular weight is 204 g/mol. The Balaban J connectivity index is 2.82. The summed E-state index contributed by atoms with van der Waals surface area (Å²) in [6.07, 6.45) is 1.50. The highest BCUT2D eigenvalue weighted by atomic mass is 35.5. The Labute approximate surface area is 82.3 Å². The third-order valence-electron chi connectivity index (χ3n) is 1.90. The van der Waals surface area contributed by atoms with Crippen LogP contribution in [0.15, 0.2) is 6.20 Å². The molecule has 13 heavy (non-hydrogen) atoms. The Morgan fingerprint density at radius 1 is 1.77 bits per heavy atom. The summed E-state index contributed by atoms with van der Waals surface area (Å²) in [7, 11) is 0. The fourth-order valence-corrected chi connectivity index (χ4v) is 1.48. The van der Waals surface area contributed by atoms with Gasteiger partial charge in [0.1, 0.15) is 5.15 Å². The van der Waals surface area contributed by atoms with E-state index in [1.54, 1.807) is 10.9 Å². The average Bonchev–Trinajstić information content (AvgIpc) is 2.47. The van der Waals surface area contributed by atoms with Crippen molar-refractivity contribution in [3.63, 3.8) is 0 Å². The first-order valence-electron chi connectivity index (χ1n) is 4.30. The van der Waals surface area contributed by atoms with Crippen molar-refractivity contribution in [2.45, 2.75) is 26.0 Å². The van der Waals surface area contributed by atoms with Crippen LogP contribution in [0.4, 0.5) is 0 Å². The molecule has 1 atom stereocenters. The first-order valence-corrected chi connectivity index (χ1v) is 4.67. The molecule has 3 N–H and O–H groups in total. The number of halogens is 1. The lowest BCUT2D eigenvalue weighted by molar-refractivity contribution is 0.170. The number of hydrogen-bond donors (Lipinski definition) is 2. The van der Waals surface area contributed by atoms with E-state index in [1.165, 1.54) is 0 Å². The molecule has 0 saturated carbocycles. The molecule has 1 heterocycles. The standard InChI is InChI=1S/C8H14ClN3O/c1-2-12-8(9)6(5-11-12)7(13)3-4-10/h5,7,13H,2-4,10H2,1H3. The quantitative estimate of drug-likeness (QED) is 0.766. The van der Waals surface area contributed by atoms with Gasteiger partial charge in [0.05, 0.1) is 12.3 Å². The topological polar surface area (TPSA) is 64.1 Å². The number of aromatic nitrogens is 2. The van der Waals surface area contributed by atoms with Crippen LogP contribution in [0.3, 0.4) is 0 Å². The van der Waals surface area contributed by atoms with Crippen LogP contribution in [0.1, 0.15) is 25.0 Å². The predicted molar refractivity (Wildman–Crippen MR) is 51.5 cm³/mol. The van der Waals surface area contributed by atoms with Crippen LogP contribution in [-0.2, 0) is 6.54 Å². The zero-order chi connectivity index (χ0) is 9.84. The fraction of sp³-hybridized carbons (Fsp3) is 0.625. The summed E-state index contributed by atoms with van der Waals surface area (Å²) in [6, 6.07) is 0. The molecule has 1 aromatic heterocycles. The van der Waals surface area contributed by atoms with Gasteiger partial charge in [0, 0.05) is 12.1 Å². The molecular weight excluding hydrogens is 190 g/mol. The van der Waals surface area contributed by atoms with Crippen LogP contribution in [0, 0.1) is 0 Å². The van der Waals surface area contributed by atoms with E-state index in [9.17, 15) is 5.11 Å². The van der Waals surface area contributed by atoms with E-state index in [4.69, 9.17) is 17.3 Å². The van der Waals surface area contributed by atoms with Gasteiger partial charge in [-0.1, -0.05) is 11.6 Å². The van der Waals surface area contributed by atoms with Gasteiger partial charge in [0.25, 0.3) is 0 Å². The van der Waals surface area contributed by atoms with Crippen molar-refractivity contribution >= 4 is 11.6 Å². The van der Waals surface area contributed by atoms with Crippen LogP contribution >= 0.6 is 11.6 Å². The molecular formula is C8H14ClN3O. The zero-order valence-electron chi connectivity index (χ0n) is 7.57. The van der Waals surface area contributed by atoms with Gasteiger partial charge in [-0.15, -0.1) is 0 Å². The Kier molecular flexibility index (Phi) is 3.71. The molecule has 1 unspecified atom stereocenters. The van der Waals surface area contributed by atoms with Gasteiger partial charge in [0.2, 0.25) is 0 Å². The minimum Gasteiger partial charge on any atom is -0.388 e. The van der Waals surface area contributed by atoms with E-state index < -0.39 is 6.10 Å². The van der Waals surface area contributed by atoms with Gasteiger partial charge >= 0.3 is 0 Å². The smallest absolute Gasteiger partial charge is 0.132 e. The fourth-order valence-electron chi connectivity index (χ4n) is 1.14. The maximum atomic E-state index is 9.59. The van der Waals surface area contributed by atoms with Crippen LogP contribution < -0.4 is 5.73 Å². The predicted octanol–water partition coefficient (Wildman–Crippen LogP) is 0.939. The van der Waals surface area contributed by atoms with Crippen molar-refractivity contribution in [3.05, 3.63) is 16.9 Å². The number of aryl methyl sites for hydroxylation is 1. The third-order valence-corrected chi connectivity index (χ3v) is 2.31. The van der Waals surface area contributed by atoms with Crippen molar-refractivity contribution in [1.29, 1.82) is 0 Å². The van der Waals surface area contributed by atoms with Crippen molar-refractivity contribution in [1.82, 2.24) is 9.78 Å². The molecule has 1 rings (SSSR count). The van der Waals surface area contributed by atoms with Crippen LogP contribution in [0.5, 0.6) is 0 Å². The summed E-state index contributed by atoms with van der Waals surface area (Å²) in [5.41, 5.74) is 5.99. The molecule has 0 aliphatic carbocycles. The summed E-state index contributed by atoms with van der Waals surface area (Å²) in [5.74, 6) is 0. The molecule has 5 heteroatoms. The first-order chi connectivity index (χ1) is 6.20. The molecule has 74 valence electrons. The summed E-state index contributed by atoms with van der Waals surface area (Å²) in [5, 5.41) is 14.1. The van der Waals surface area contributed by atoms with Gasteiger partial charge in [-0.25, -0.2) is 0 Å². The van der Waals surface area contributed by atoms with E-state index in [-0.39, 0.29) is 0 Å². The lowest BCUT2D eigenvalue weighted by Gasteiger charge is -2.07. The molecule has 0 radical (unpaired) electrons. The molecule has 0 fully saturated rings. The maximum Gasteiger partial charge on any atom is 0.132 e. The van der Waals surface area contributed by atoms with Crippen LogP contribution in [0.25, 0.3) is 0 Å². The first kappa shape index (κ1) is 10.5. The lowest BCUT2D eigenvalue weighted by Crippen LogP contribution is -2.06. The van der Waals surface area contributed by atoms with E-state index in [0.29, 0.717) is 30.2 Å². The van der Waals surface area contributed by atoms with Crippen molar-refractivity contribution in [3.8, 4) is 0 Å². The highest BCUT2D eigenvalue weighted by Crippen LogP contribution is 2.24. The van der Waals surface area contributed by atoms with Gasteiger partial charge in [0.15, 0.2) is 0 Å². The van der Waals surface area contributed by atoms with Crippen LogP contribution in [0.2, 0.25) is 5.15 Å². The lowest BCUT2D eigenvalue weighted by atomic mass is 10.1. The minimum atomic E-state index is -0.599. The largest absolute Gasteiger partial charge is 0.388 e. The number of hydrogen-bond acceptors (Lipinski definition) is 3. The summed E-state index contributed by atoms with van der Waals surface area (Å²) in [6.45, 7) is 3.08. The second-order valence-corrected chi connectivity index (χ2v) is 3.16. The van der Waals surface area contributed by atoms with E-state index >= 15 is 0 Å². The summed E-state index contributed by atoms with van der Waals surface area (Å²) in [4.78, 5) is 0. The summed E-state index contributed by atoms with van der Waals surface area (Å²) < 4.78 is 1.64. The molecule has 0 aliphatic rings. The monoisotopic (exact) mass is 203 g/mol. The second-order valence-electron chi connectivity index (χ2n) is 2.80. The normalized spacial score (nSPS) is 13.2. The van der Waals surface area contributed by atoms with E-state index in [0.717, 1.165) is 0 Å². The number of nitrogens with two attached hydrogens (primary N) is 1. The minimum absolute atomic E-state index is 0.439. The second kappa shape index (κ2) is 4.60. The summed E-state index contributed by atoms with van der Waals surface area (Å²) >= 11 is 5.95. The Morgan fingerprint density at radius 2 is 2.46 bits per heavy atom. The van der Waals surface area contributed by atoms with Gasteiger partial charge in [-0.05, 0) is 19.9 Å². The molecule has 0 bridgehead atoms. The molecule has 0 saturated heterocycles. The van der Waals surface area contributed by atoms with Crippen molar-refractivity contribution in [2.75, 3.05) is 6.54 Å².